The molecule has 0 spiro atoms. The predicted octanol–water partition coefficient (Wildman–Crippen LogP) is 3.86. The van der Waals surface area contributed by atoms with Crippen molar-refractivity contribution in [3.05, 3.63) is 35.9 Å². The number of nitrogens with one attached hydrogen (secondary N) is 2. The van der Waals surface area contributed by atoms with Gasteiger partial charge in [0.25, 0.3) is 0 Å². The third-order valence-electron chi connectivity index (χ3n) is 4.23. The maximum Gasteiger partial charge on any atom is 0.191 e. The maximum atomic E-state index is 4.36. The molecule has 0 saturated heterocycles. The van der Waals surface area contributed by atoms with E-state index in [1.165, 1.54) is 24.8 Å². The minimum Gasteiger partial charge on any atom is -0.356 e. The molecule has 0 aliphatic heterocycles. The lowest BCUT2D eigenvalue weighted by molar-refractivity contribution is 0.606. The summed E-state index contributed by atoms with van der Waals surface area (Å²) in [5.74, 6) is 1.41. The average Bonchev–Trinajstić information content (AvgIpc) is 2.99. The van der Waals surface area contributed by atoms with Crippen molar-refractivity contribution in [3.8, 4) is 0 Å². The highest BCUT2D eigenvalue weighted by atomic mass is 127. The molecule has 1 aliphatic carbocycles. The molecule has 2 rings (SSSR count). The first-order valence-electron chi connectivity index (χ1n) is 7.77. The Hall–Kier alpha value is -0.430. The van der Waals surface area contributed by atoms with Crippen LogP contribution in [0.25, 0.3) is 0 Å². The van der Waals surface area contributed by atoms with E-state index in [1.807, 2.05) is 18.8 Å². The van der Waals surface area contributed by atoms with Crippen molar-refractivity contribution in [1.29, 1.82) is 0 Å². The number of nitrogens with zero attached hydrogens (tertiary/aromatic N) is 1. The van der Waals surface area contributed by atoms with Crippen LogP contribution >= 0.6 is 35.7 Å². The van der Waals surface area contributed by atoms with Crippen LogP contribution in [-0.4, -0.2) is 37.1 Å². The molecule has 1 saturated carbocycles. The van der Waals surface area contributed by atoms with Gasteiger partial charge in [-0.3, -0.25) is 4.99 Å². The van der Waals surface area contributed by atoms with Crippen molar-refractivity contribution in [2.45, 2.75) is 43.4 Å². The van der Waals surface area contributed by atoms with Crippen molar-refractivity contribution in [3.63, 3.8) is 0 Å². The van der Waals surface area contributed by atoms with E-state index in [1.54, 1.807) is 0 Å². The molecule has 1 fully saturated rings. The average molecular weight is 433 g/mol. The van der Waals surface area contributed by atoms with Crippen LogP contribution in [0.3, 0.4) is 0 Å². The number of hydrogen-bond acceptors (Lipinski definition) is 2. The van der Waals surface area contributed by atoms with Gasteiger partial charge in [-0.1, -0.05) is 37.3 Å². The van der Waals surface area contributed by atoms with E-state index in [0.717, 1.165) is 17.8 Å². The van der Waals surface area contributed by atoms with Crippen molar-refractivity contribution in [1.82, 2.24) is 10.6 Å². The van der Waals surface area contributed by atoms with Gasteiger partial charge < -0.3 is 10.6 Å². The summed E-state index contributed by atoms with van der Waals surface area (Å²) in [6, 6.07) is 11.2. The molecule has 5 heteroatoms. The number of benzene rings is 1. The van der Waals surface area contributed by atoms with Crippen molar-refractivity contribution in [2.24, 2.45) is 4.99 Å². The van der Waals surface area contributed by atoms with Crippen LogP contribution < -0.4 is 10.6 Å². The van der Waals surface area contributed by atoms with Gasteiger partial charge in [0.15, 0.2) is 5.96 Å². The molecule has 1 aromatic rings. The summed E-state index contributed by atoms with van der Waals surface area (Å²) >= 11 is 1.99. The Morgan fingerprint density at radius 1 is 1.32 bits per heavy atom. The molecule has 1 aliphatic rings. The summed E-state index contributed by atoms with van der Waals surface area (Å²) in [6.45, 7) is 3.15. The monoisotopic (exact) mass is 433 g/mol. The SMILES string of the molecule is CN=C(NCC(C)c1ccccc1)NC1CCC(SC)C1.I. The van der Waals surface area contributed by atoms with E-state index in [2.05, 4.69) is 59.1 Å². The minimum atomic E-state index is 0. The Morgan fingerprint density at radius 2 is 2.05 bits per heavy atom. The van der Waals surface area contributed by atoms with Gasteiger partial charge in [-0.15, -0.1) is 24.0 Å². The molecule has 22 heavy (non-hydrogen) atoms. The highest BCUT2D eigenvalue weighted by Gasteiger charge is 2.24. The Morgan fingerprint density at radius 3 is 2.64 bits per heavy atom. The smallest absolute Gasteiger partial charge is 0.191 e. The van der Waals surface area contributed by atoms with Gasteiger partial charge in [-0.05, 0) is 37.0 Å². The van der Waals surface area contributed by atoms with Gasteiger partial charge in [-0.25, -0.2) is 0 Å². The molecule has 0 aromatic heterocycles. The zero-order chi connectivity index (χ0) is 15.1. The Labute approximate surface area is 156 Å². The van der Waals surface area contributed by atoms with E-state index >= 15 is 0 Å². The zero-order valence-corrected chi connectivity index (χ0v) is 16.9. The second-order valence-electron chi connectivity index (χ2n) is 5.78. The lowest BCUT2D eigenvalue weighted by Gasteiger charge is -2.19. The lowest BCUT2D eigenvalue weighted by atomic mass is 10.0. The summed E-state index contributed by atoms with van der Waals surface area (Å²) in [5.41, 5.74) is 1.36. The van der Waals surface area contributed by atoms with E-state index < -0.39 is 0 Å². The predicted molar refractivity (Wildman–Crippen MR) is 110 cm³/mol. The Bertz CT molecular complexity index is 452. The fourth-order valence-corrected chi connectivity index (χ4v) is 3.62. The minimum absolute atomic E-state index is 0. The first-order valence-corrected chi connectivity index (χ1v) is 9.06. The second-order valence-corrected chi connectivity index (χ2v) is 6.91. The third-order valence-corrected chi connectivity index (χ3v) is 5.32. The molecule has 0 radical (unpaired) electrons. The topological polar surface area (TPSA) is 36.4 Å². The number of guanidine groups is 1. The molecule has 1 aromatic carbocycles. The Kier molecular flexibility index (Phi) is 9.24. The summed E-state index contributed by atoms with van der Waals surface area (Å²) in [4.78, 5) is 4.36. The van der Waals surface area contributed by atoms with Crippen molar-refractivity contribution >= 4 is 41.7 Å². The van der Waals surface area contributed by atoms with Gasteiger partial charge in [0.1, 0.15) is 0 Å². The molecular formula is C17H28IN3S. The highest BCUT2D eigenvalue weighted by Crippen LogP contribution is 2.28. The van der Waals surface area contributed by atoms with Crippen molar-refractivity contribution in [2.75, 3.05) is 19.8 Å². The quantitative estimate of drug-likeness (QED) is 0.421. The highest BCUT2D eigenvalue weighted by molar-refractivity contribution is 14.0. The number of rotatable bonds is 5. The fraction of sp³-hybridized carbons (Fsp3) is 0.588. The molecule has 0 amide bonds. The van der Waals surface area contributed by atoms with Gasteiger partial charge >= 0.3 is 0 Å². The first kappa shape index (κ1) is 19.6. The van der Waals surface area contributed by atoms with Crippen LogP contribution in [0.1, 0.15) is 37.7 Å². The van der Waals surface area contributed by atoms with Crippen LogP contribution in [0, 0.1) is 0 Å². The van der Waals surface area contributed by atoms with Crippen LogP contribution in [0.2, 0.25) is 0 Å². The van der Waals surface area contributed by atoms with Crippen LogP contribution in [0.4, 0.5) is 0 Å². The fourth-order valence-electron chi connectivity index (χ4n) is 2.82. The van der Waals surface area contributed by atoms with E-state index in [4.69, 9.17) is 0 Å². The molecular weight excluding hydrogens is 405 g/mol. The van der Waals surface area contributed by atoms with Crippen LogP contribution in [-0.2, 0) is 0 Å². The summed E-state index contributed by atoms with van der Waals surface area (Å²) in [5, 5.41) is 7.83. The lowest BCUT2D eigenvalue weighted by Crippen LogP contribution is -2.43. The Balaban J connectivity index is 0.00000242. The number of hydrogen-bond donors (Lipinski definition) is 2. The number of aliphatic imine (C=N–C) groups is 1. The van der Waals surface area contributed by atoms with Gasteiger partial charge in [0, 0.05) is 24.9 Å². The number of thioether (sulfide) groups is 1. The van der Waals surface area contributed by atoms with E-state index in [9.17, 15) is 0 Å². The molecule has 124 valence electrons. The van der Waals surface area contributed by atoms with E-state index in [0.29, 0.717) is 12.0 Å². The summed E-state index contributed by atoms with van der Waals surface area (Å²) in [7, 11) is 1.85. The molecule has 3 atom stereocenters. The molecule has 3 unspecified atom stereocenters. The zero-order valence-electron chi connectivity index (χ0n) is 13.7. The van der Waals surface area contributed by atoms with Gasteiger partial charge in [-0.2, -0.15) is 11.8 Å². The summed E-state index contributed by atoms with van der Waals surface area (Å²) in [6.07, 6.45) is 6.02. The largest absolute Gasteiger partial charge is 0.356 e. The molecule has 2 N–H and O–H groups in total. The summed E-state index contributed by atoms with van der Waals surface area (Å²) < 4.78 is 0. The standard InChI is InChI=1S/C17H27N3S.HI/c1-13(14-7-5-4-6-8-14)12-19-17(18-2)20-15-9-10-16(11-15)21-3;/h4-8,13,15-16H,9-12H2,1-3H3,(H2,18,19,20);1H. The normalized spacial score (nSPS) is 22.8. The maximum absolute atomic E-state index is 4.36. The van der Waals surface area contributed by atoms with Gasteiger partial charge in [0.05, 0.1) is 0 Å². The van der Waals surface area contributed by atoms with Crippen LogP contribution in [0.5, 0.6) is 0 Å². The molecule has 3 nitrogen and oxygen atoms in total. The van der Waals surface area contributed by atoms with Crippen molar-refractivity contribution < 1.29 is 0 Å². The molecule has 0 heterocycles. The molecule has 0 bridgehead atoms. The first-order chi connectivity index (χ1) is 10.2. The van der Waals surface area contributed by atoms with Crippen LogP contribution in [0.15, 0.2) is 35.3 Å². The second kappa shape index (κ2) is 10.4. The van der Waals surface area contributed by atoms with E-state index in [-0.39, 0.29) is 24.0 Å². The third kappa shape index (κ3) is 5.99. The van der Waals surface area contributed by atoms with Gasteiger partial charge in [0.2, 0.25) is 0 Å². The number of halogens is 1.